The molecule has 0 spiro atoms. The van der Waals surface area contributed by atoms with Crippen LogP contribution >= 0.6 is 27.7 Å². The third kappa shape index (κ3) is 4.08. The van der Waals surface area contributed by atoms with Crippen molar-refractivity contribution in [3.63, 3.8) is 0 Å². The second kappa shape index (κ2) is 6.77. The molecule has 0 bridgehead atoms. The molecule has 2 aromatic rings. The molecule has 0 aliphatic heterocycles. The summed E-state index contributed by atoms with van der Waals surface area (Å²) < 4.78 is 5.94. The highest BCUT2D eigenvalue weighted by Gasteiger charge is 2.15. The van der Waals surface area contributed by atoms with Crippen LogP contribution in [0.25, 0.3) is 6.08 Å². The zero-order chi connectivity index (χ0) is 15.4. The lowest BCUT2D eigenvalue weighted by Crippen LogP contribution is -1.99. The van der Waals surface area contributed by atoms with Gasteiger partial charge in [0.1, 0.15) is 4.91 Å². The van der Waals surface area contributed by atoms with Gasteiger partial charge in [0, 0.05) is 10.9 Å². The van der Waals surface area contributed by atoms with Gasteiger partial charge in [0.05, 0.1) is 0 Å². The highest BCUT2D eigenvalue weighted by atomic mass is 79.9. The number of aryl methyl sites for hydroxylation is 1. The molecule has 0 unspecified atom stereocenters. The van der Waals surface area contributed by atoms with Gasteiger partial charge in [0.2, 0.25) is 5.89 Å². The number of carboxylic acids is 1. The molecule has 0 aliphatic rings. The Bertz CT molecular complexity index is 699. The highest BCUT2D eigenvalue weighted by molar-refractivity contribution is 9.10. The largest absolute Gasteiger partial charge is 0.872 e. The van der Waals surface area contributed by atoms with Crippen molar-refractivity contribution >= 4 is 39.7 Å². The zero-order valence-electron chi connectivity index (χ0n) is 10.9. The van der Waals surface area contributed by atoms with Crippen LogP contribution in [-0.4, -0.2) is 21.3 Å². The van der Waals surface area contributed by atoms with Crippen LogP contribution in [0.1, 0.15) is 18.4 Å². The van der Waals surface area contributed by atoms with E-state index in [1.807, 2.05) is 6.92 Å². The summed E-state index contributed by atoms with van der Waals surface area (Å²) in [6, 6.07) is 4.51. The van der Waals surface area contributed by atoms with E-state index in [1.165, 1.54) is 12.1 Å². The predicted octanol–water partition coefficient (Wildman–Crippen LogP) is 2.69. The normalized spacial score (nSPS) is 11.6. The van der Waals surface area contributed by atoms with Crippen molar-refractivity contribution in [3.8, 4) is 5.75 Å². The molecule has 6 nitrogen and oxygen atoms in total. The summed E-state index contributed by atoms with van der Waals surface area (Å²) in [6.07, 6.45) is 1.85. The Morgan fingerprint density at radius 1 is 1.52 bits per heavy atom. The number of nitrogens with zero attached hydrogens (tertiary/aromatic N) is 2. The molecule has 110 valence electrons. The maximum Gasteiger partial charge on any atom is 0.342 e. The first-order valence-electron chi connectivity index (χ1n) is 5.91. The van der Waals surface area contributed by atoms with E-state index in [9.17, 15) is 15.0 Å². The molecule has 2 rings (SSSR count). The number of aliphatic carboxylic acids is 1. The molecule has 1 heterocycles. The van der Waals surface area contributed by atoms with E-state index in [0.717, 1.165) is 11.8 Å². The molecule has 0 radical (unpaired) electrons. The Hall–Kier alpha value is -1.80. The van der Waals surface area contributed by atoms with Crippen molar-refractivity contribution in [2.24, 2.45) is 0 Å². The van der Waals surface area contributed by atoms with E-state index < -0.39 is 5.97 Å². The van der Waals surface area contributed by atoms with Gasteiger partial charge in [-0.05, 0) is 35.5 Å². The van der Waals surface area contributed by atoms with Crippen LogP contribution in [0, 0.1) is 0 Å². The molecule has 21 heavy (non-hydrogen) atoms. The number of hydrogen-bond acceptors (Lipinski definition) is 6. The maximum atomic E-state index is 11.7. The van der Waals surface area contributed by atoms with Crippen molar-refractivity contribution < 1.29 is 19.4 Å². The average Bonchev–Trinajstić information content (AvgIpc) is 2.89. The summed E-state index contributed by atoms with van der Waals surface area (Å²) in [6.45, 7) is 1.85. The van der Waals surface area contributed by atoms with E-state index >= 15 is 0 Å². The molecular formula is C13H10BrN2O4S-. The molecule has 0 saturated heterocycles. The molecular weight excluding hydrogens is 360 g/mol. The predicted molar refractivity (Wildman–Crippen MR) is 78.7 cm³/mol. The van der Waals surface area contributed by atoms with Crippen molar-refractivity contribution in [1.29, 1.82) is 0 Å². The van der Waals surface area contributed by atoms with Gasteiger partial charge in [0.25, 0.3) is 5.22 Å². The van der Waals surface area contributed by atoms with E-state index in [2.05, 4.69) is 26.1 Å². The molecule has 0 aliphatic carbocycles. The van der Waals surface area contributed by atoms with Crippen LogP contribution in [-0.2, 0) is 11.2 Å². The van der Waals surface area contributed by atoms with Gasteiger partial charge in [-0.3, -0.25) is 0 Å². The third-order valence-electron chi connectivity index (χ3n) is 2.42. The van der Waals surface area contributed by atoms with Crippen LogP contribution in [0.15, 0.2) is 37.2 Å². The van der Waals surface area contributed by atoms with Gasteiger partial charge in [-0.2, -0.15) is 0 Å². The lowest BCUT2D eigenvalue weighted by molar-refractivity contribution is -0.268. The Kier molecular flexibility index (Phi) is 5.03. The van der Waals surface area contributed by atoms with Crippen molar-refractivity contribution in [2.75, 3.05) is 0 Å². The molecule has 0 amide bonds. The lowest BCUT2D eigenvalue weighted by Gasteiger charge is -2.10. The number of carboxylic acid groups (broad SMARTS) is 1. The fraction of sp³-hybridized carbons (Fsp3) is 0.154. The summed E-state index contributed by atoms with van der Waals surface area (Å²) in [4.78, 5) is 11.2. The van der Waals surface area contributed by atoms with E-state index in [0.29, 0.717) is 16.8 Å². The number of halogens is 1. The average molecular weight is 370 g/mol. The van der Waals surface area contributed by atoms with Gasteiger partial charge < -0.3 is 14.6 Å². The van der Waals surface area contributed by atoms with Crippen LogP contribution in [0.2, 0.25) is 0 Å². The highest BCUT2D eigenvalue weighted by Crippen LogP contribution is 2.30. The third-order valence-corrected chi connectivity index (χ3v) is 3.76. The molecule has 0 fully saturated rings. The number of rotatable bonds is 5. The van der Waals surface area contributed by atoms with Gasteiger partial charge >= 0.3 is 5.97 Å². The van der Waals surface area contributed by atoms with Crippen LogP contribution in [0.4, 0.5) is 0 Å². The second-order valence-electron chi connectivity index (χ2n) is 3.91. The zero-order valence-corrected chi connectivity index (χ0v) is 13.3. The van der Waals surface area contributed by atoms with Gasteiger partial charge in [-0.1, -0.05) is 28.9 Å². The van der Waals surface area contributed by atoms with Crippen molar-refractivity contribution in [2.45, 2.75) is 18.6 Å². The van der Waals surface area contributed by atoms with Crippen LogP contribution < -0.4 is 5.11 Å². The quantitative estimate of drug-likeness (QED) is 0.638. The molecule has 1 aromatic carbocycles. The number of aromatic nitrogens is 2. The number of hydrogen-bond donors (Lipinski definition) is 1. The van der Waals surface area contributed by atoms with Crippen LogP contribution in [0.5, 0.6) is 5.75 Å². The first kappa shape index (κ1) is 15.6. The first-order valence-corrected chi connectivity index (χ1v) is 7.52. The number of benzene rings is 1. The minimum atomic E-state index is -1.17. The molecule has 8 heteroatoms. The number of thioether (sulfide) groups is 1. The minimum absolute atomic E-state index is 0.0727. The fourth-order valence-corrected chi connectivity index (χ4v) is 2.48. The standard InChI is InChI=1S/C13H11BrN2O4S/c1-2-11-15-16-13(20-11)21-10(12(18)19)6-7-5-8(14)3-4-9(7)17/h3-6,17H,2H2,1H3,(H,18,19)/p-1/b10-6-. The lowest BCUT2D eigenvalue weighted by atomic mass is 10.2. The Balaban J connectivity index is 2.32. The van der Waals surface area contributed by atoms with E-state index in [-0.39, 0.29) is 21.4 Å². The molecule has 0 atom stereocenters. The maximum absolute atomic E-state index is 11.7. The van der Waals surface area contributed by atoms with Crippen molar-refractivity contribution in [1.82, 2.24) is 10.2 Å². The fourth-order valence-electron chi connectivity index (χ4n) is 1.42. The van der Waals surface area contributed by atoms with Gasteiger partial charge in [0.15, 0.2) is 0 Å². The van der Waals surface area contributed by atoms with Crippen molar-refractivity contribution in [3.05, 3.63) is 39.0 Å². The Morgan fingerprint density at radius 3 is 2.90 bits per heavy atom. The van der Waals surface area contributed by atoms with Gasteiger partial charge in [-0.15, -0.1) is 15.9 Å². The molecule has 0 saturated carbocycles. The minimum Gasteiger partial charge on any atom is -0.872 e. The summed E-state index contributed by atoms with van der Waals surface area (Å²) in [7, 11) is 0. The monoisotopic (exact) mass is 369 g/mol. The summed E-state index contributed by atoms with van der Waals surface area (Å²) in [5.41, 5.74) is 0.268. The Morgan fingerprint density at radius 2 is 2.29 bits per heavy atom. The van der Waals surface area contributed by atoms with Gasteiger partial charge in [-0.25, -0.2) is 4.79 Å². The Labute approximate surface area is 133 Å². The topological polar surface area (TPSA) is 99.3 Å². The summed E-state index contributed by atoms with van der Waals surface area (Å²) in [5, 5.41) is 28.6. The number of carbonyl (C=O) groups is 1. The molecule has 1 aromatic heterocycles. The van der Waals surface area contributed by atoms with Crippen LogP contribution in [0.3, 0.4) is 0 Å². The summed E-state index contributed by atoms with van der Waals surface area (Å²) >= 11 is 4.05. The smallest absolute Gasteiger partial charge is 0.342 e. The summed E-state index contributed by atoms with van der Waals surface area (Å²) in [5.74, 6) is -1.01. The van der Waals surface area contributed by atoms with E-state index in [4.69, 9.17) is 4.42 Å². The SMILES string of the molecule is CCc1nnc(S/C(=C\c2cc(Br)ccc2[O-])C(=O)O)o1. The second-order valence-corrected chi connectivity index (χ2v) is 5.82. The molecule has 1 N–H and O–H groups in total. The first-order chi connectivity index (χ1) is 9.99. The van der Waals surface area contributed by atoms with E-state index in [1.54, 1.807) is 12.1 Å².